The van der Waals surface area contributed by atoms with Crippen LogP contribution in [0.25, 0.3) is 10.8 Å². The summed E-state index contributed by atoms with van der Waals surface area (Å²) < 4.78 is 42.2. The van der Waals surface area contributed by atoms with Crippen molar-refractivity contribution in [1.29, 1.82) is 0 Å². The molecule has 1 aromatic heterocycles. The van der Waals surface area contributed by atoms with Crippen LogP contribution in [0.1, 0.15) is 36.4 Å². The number of H-pyrrole nitrogens is 1. The van der Waals surface area contributed by atoms with E-state index >= 15 is 0 Å². The standard InChI is InChI=1S/C21H18ClF3N2O3/c1-10-9-20(30,21(23,24)25)18(13-5-6-14(22)17(28)16(10)13)27-15-4-2-3-12-11(15)7-8-26-19(12)29/h2-8,10,18,27-28,30H,9H2,1H3,(H,26,29)/t10-,18+,20-/m1/s1. The summed E-state index contributed by atoms with van der Waals surface area (Å²) in [6.45, 7) is 1.50. The zero-order valence-electron chi connectivity index (χ0n) is 15.7. The number of aliphatic hydroxyl groups is 1. The molecule has 4 rings (SSSR count). The van der Waals surface area contributed by atoms with Crippen LogP contribution in [-0.4, -0.2) is 27.0 Å². The Morgan fingerprint density at radius 1 is 1.20 bits per heavy atom. The first kappa shape index (κ1) is 20.6. The van der Waals surface area contributed by atoms with E-state index in [1.807, 2.05) is 0 Å². The van der Waals surface area contributed by atoms with Gasteiger partial charge in [0.1, 0.15) is 5.75 Å². The lowest BCUT2D eigenvalue weighted by Gasteiger charge is -2.45. The highest BCUT2D eigenvalue weighted by molar-refractivity contribution is 6.32. The number of halogens is 4. The third kappa shape index (κ3) is 3.02. The van der Waals surface area contributed by atoms with Gasteiger partial charge in [-0.05, 0) is 42.2 Å². The number of alkyl halides is 3. The normalized spacial score (nSPS) is 23.9. The molecule has 0 unspecified atom stereocenters. The van der Waals surface area contributed by atoms with E-state index < -0.39 is 30.2 Å². The molecule has 1 aliphatic rings. The Labute approximate surface area is 174 Å². The Morgan fingerprint density at radius 2 is 1.93 bits per heavy atom. The van der Waals surface area contributed by atoms with Gasteiger partial charge < -0.3 is 20.5 Å². The van der Waals surface area contributed by atoms with E-state index in [0.717, 1.165) is 0 Å². The van der Waals surface area contributed by atoms with Crippen molar-refractivity contribution in [3.05, 3.63) is 69.1 Å². The van der Waals surface area contributed by atoms with Crippen molar-refractivity contribution in [2.75, 3.05) is 5.32 Å². The lowest BCUT2D eigenvalue weighted by atomic mass is 9.70. The van der Waals surface area contributed by atoms with Crippen molar-refractivity contribution in [3.63, 3.8) is 0 Å². The number of rotatable bonds is 2. The summed E-state index contributed by atoms with van der Waals surface area (Å²) in [7, 11) is 0. The van der Waals surface area contributed by atoms with Gasteiger partial charge in [0, 0.05) is 28.2 Å². The average Bonchev–Trinajstić information content (AvgIpc) is 2.67. The molecule has 0 bridgehead atoms. The smallest absolute Gasteiger partial charge is 0.419 e. The lowest BCUT2D eigenvalue weighted by molar-refractivity contribution is -0.272. The fourth-order valence-corrected chi connectivity index (χ4v) is 4.45. The van der Waals surface area contributed by atoms with Crippen molar-refractivity contribution in [3.8, 4) is 5.75 Å². The zero-order valence-corrected chi connectivity index (χ0v) is 16.5. The predicted octanol–water partition coefficient (Wildman–Crippen LogP) is 4.84. The van der Waals surface area contributed by atoms with Crippen LogP contribution in [0.4, 0.5) is 18.9 Å². The van der Waals surface area contributed by atoms with E-state index in [1.165, 1.54) is 37.4 Å². The van der Waals surface area contributed by atoms with Crippen molar-refractivity contribution < 1.29 is 23.4 Å². The molecule has 158 valence electrons. The highest BCUT2D eigenvalue weighted by atomic mass is 35.5. The Kier molecular flexibility index (Phi) is 4.74. The number of benzene rings is 2. The number of aromatic amines is 1. The summed E-state index contributed by atoms with van der Waals surface area (Å²) in [6, 6.07) is 7.24. The van der Waals surface area contributed by atoms with Crippen LogP contribution < -0.4 is 10.9 Å². The van der Waals surface area contributed by atoms with Crippen LogP contribution in [0, 0.1) is 0 Å². The second-order valence-corrected chi connectivity index (χ2v) is 7.98. The SMILES string of the molecule is C[C@@H]1C[C@](O)(C(F)(F)F)[C@@H](Nc2cccc3c(=O)[nH]ccc23)c2ccc(Cl)c(O)c21. The topological polar surface area (TPSA) is 85.4 Å². The number of nitrogens with one attached hydrogen (secondary N) is 2. The number of aromatic nitrogens is 1. The molecule has 2 aromatic carbocycles. The van der Waals surface area contributed by atoms with Gasteiger partial charge in [-0.3, -0.25) is 4.79 Å². The van der Waals surface area contributed by atoms with Crippen LogP contribution in [0.3, 0.4) is 0 Å². The molecule has 0 saturated carbocycles. The molecule has 0 spiro atoms. The third-order valence-corrected chi connectivity index (χ3v) is 6.01. The minimum absolute atomic E-state index is 0.0218. The molecule has 0 fully saturated rings. The van der Waals surface area contributed by atoms with Crippen LogP contribution in [-0.2, 0) is 0 Å². The van der Waals surface area contributed by atoms with Crippen molar-refractivity contribution in [2.24, 2.45) is 0 Å². The first-order valence-electron chi connectivity index (χ1n) is 9.22. The van der Waals surface area contributed by atoms with Gasteiger partial charge in [0.25, 0.3) is 5.56 Å². The summed E-state index contributed by atoms with van der Waals surface area (Å²) in [5.74, 6) is -1.09. The molecular weight excluding hydrogens is 421 g/mol. The van der Waals surface area contributed by atoms with Gasteiger partial charge in [0.2, 0.25) is 0 Å². The molecule has 0 radical (unpaired) electrons. The Morgan fingerprint density at radius 3 is 2.63 bits per heavy atom. The van der Waals surface area contributed by atoms with Crippen LogP contribution >= 0.6 is 11.6 Å². The molecule has 9 heteroatoms. The predicted molar refractivity (Wildman–Crippen MR) is 108 cm³/mol. The van der Waals surface area contributed by atoms with E-state index in [4.69, 9.17) is 11.6 Å². The number of phenolic OH excluding ortho intramolecular Hbond substituents is 1. The molecule has 30 heavy (non-hydrogen) atoms. The molecule has 3 atom stereocenters. The van der Waals surface area contributed by atoms with Gasteiger partial charge in [-0.2, -0.15) is 13.2 Å². The summed E-state index contributed by atoms with van der Waals surface area (Å²) in [5.41, 5.74) is -2.89. The van der Waals surface area contributed by atoms with E-state index in [2.05, 4.69) is 10.3 Å². The van der Waals surface area contributed by atoms with Crippen LogP contribution in [0.15, 0.2) is 47.4 Å². The number of pyridine rings is 1. The molecular formula is C21H18ClF3N2O3. The third-order valence-electron chi connectivity index (χ3n) is 5.71. The molecule has 0 saturated heterocycles. The van der Waals surface area contributed by atoms with E-state index in [1.54, 1.807) is 12.1 Å². The summed E-state index contributed by atoms with van der Waals surface area (Å²) in [4.78, 5) is 14.6. The maximum atomic E-state index is 14.1. The quantitative estimate of drug-likeness (QED) is 0.461. The lowest BCUT2D eigenvalue weighted by Crippen LogP contribution is -2.55. The summed E-state index contributed by atoms with van der Waals surface area (Å²) in [6.07, 6.45) is -4.22. The monoisotopic (exact) mass is 438 g/mol. The number of fused-ring (bicyclic) bond motifs is 2. The van der Waals surface area contributed by atoms with Crippen LogP contribution in [0.2, 0.25) is 5.02 Å². The zero-order chi connectivity index (χ0) is 21.8. The van der Waals surface area contributed by atoms with E-state index in [0.29, 0.717) is 10.8 Å². The number of phenols is 1. The molecule has 1 heterocycles. The Bertz CT molecular complexity index is 1190. The fraction of sp³-hybridized carbons (Fsp3) is 0.286. The van der Waals surface area contributed by atoms with Gasteiger partial charge in [-0.1, -0.05) is 30.7 Å². The first-order valence-corrected chi connectivity index (χ1v) is 9.59. The molecule has 0 aliphatic heterocycles. The number of anilines is 1. The second kappa shape index (κ2) is 6.92. The van der Waals surface area contributed by atoms with Gasteiger partial charge in [-0.25, -0.2) is 0 Å². The number of hydrogen-bond donors (Lipinski definition) is 4. The van der Waals surface area contributed by atoms with Crippen molar-refractivity contribution >= 4 is 28.1 Å². The molecule has 5 nitrogen and oxygen atoms in total. The van der Waals surface area contributed by atoms with Gasteiger partial charge >= 0.3 is 6.18 Å². The minimum Gasteiger partial charge on any atom is -0.506 e. The molecule has 3 aromatic rings. The van der Waals surface area contributed by atoms with Crippen LogP contribution in [0.5, 0.6) is 5.75 Å². The maximum absolute atomic E-state index is 14.1. The molecule has 1 aliphatic carbocycles. The van der Waals surface area contributed by atoms with E-state index in [9.17, 15) is 28.2 Å². The number of hydrogen-bond acceptors (Lipinski definition) is 4. The highest BCUT2D eigenvalue weighted by Crippen LogP contribution is 2.55. The van der Waals surface area contributed by atoms with Gasteiger partial charge in [0.15, 0.2) is 5.60 Å². The molecule has 4 N–H and O–H groups in total. The maximum Gasteiger partial charge on any atom is 0.419 e. The first-order chi connectivity index (χ1) is 14.0. The Balaban J connectivity index is 1.94. The largest absolute Gasteiger partial charge is 0.506 e. The molecule has 0 amide bonds. The van der Waals surface area contributed by atoms with E-state index in [-0.39, 0.29) is 33.1 Å². The van der Waals surface area contributed by atoms with Crippen molar-refractivity contribution in [2.45, 2.75) is 37.1 Å². The highest BCUT2D eigenvalue weighted by Gasteiger charge is 2.62. The van der Waals surface area contributed by atoms with Gasteiger partial charge in [0.05, 0.1) is 11.1 Å². The fourth-order valence-electron chi connectivity index (χ4n) is 4.29. The average molecular weight is 439 g/mol. The summed E-state index contributed by atoms with van der Waals surface area (Å²) in [5, 5.41) is 24.8. The minimum atomic E-state index is -4.95. The number of aromatic hydroxyl groups is 1. The second-order valence-electron chi connectivity index (χ2n) is 7.58. The summed E-state index contributed by atoms with van der Waals surface area (Å²) >= 11 is 5.98. The van der Waals surface area contributed by atoms with Gasteiger partial charge in [-0.15, -0.1) is 0 Å². The Hall–Kier alpha value is -2.71. The van der Waals surface area contributed by atoms with Crippen molar-refractivity contribution in [1.82, 2.24) is 4.98 Å².